The Labute approximate surface area is 188 Å². The molecule has 1 N–H and O–H groups in total. The third-order valence-electron chi connectivity index (χ3n) is 4.41. The van der Waals surface area contributed by atoms with Gasteiger partial charge in [0.2, 0.25) is 0 Å². The lowest BCUT2D eigenvalue weighted by Gasteiger charge is -2.13. The van der Waals surface area contributed by atoms with Gasteiger partial charge in [-0.2, -0.15) is 5.10 Å². The molecule has 1 amide bonds. The Morgan fingerprint density at radius 3 is 2.41 bits per heavy atom. The first kappa shape index (κ1) is 22.6. The molecule has 1 atom stereocenters. The van der Waals surface area contributed by atoms with Gasteiger partial charge in [0, 0.05) is 5.56 Å². The van der Waals surface area contributed by atoms with Gasteiger partial charge in [0.25, 0.3) is 5.91 Å². The number of carbonyl (C=O) groups excluding carboxylic acids is 1. The monoisotopic (exact) mass is 430 g/mol. The van der Waals surface area contributed by atoms with Crippen LogP contribution in [0.5, 0.6) is 17.2 Å². The molecule has 3 aromatic carbocycles. The van der Waals surface area contributed by atoms with Crippen molar-refractivity contribution in [2.45, 2.75) is 19.6 Å². The van der Waals surface area contributed by atoms with Crippen LogP contribution in [0.2, 0.25) is 0 Å². The largest absolute Gasteiger partial charge is 0.489 e. The second kappa shape index (κ2) is 12.0. The van der Waals surface area contributed by atoms with Crippen molar-refractivity contribution in [3.8, 4) is 17.2 Å². The Bertz CT molecular complexity index is 1030. The van der Waals surface area contributed by atoms with Crippen molar-refractivity contribution < 1.29 is 19.0 Å². The summed E-state index contributed by atoms with van der Waals surface area (Å²) in [6.07, 6.45) is 2.47. The van der Waals surface area contributed by atoms with Crippen molar-refractivity contribution in [1.29, 1.82) is 0 Å². The zero-order valence-corrected chi connectivity index (χ0v) is 17.9. The molecule has 0 aromatic heterocycles. The maximum absolute atomic E-state index is 12.3. The predicted octanol–water partition coefficient (Wildman–Crippen LogP) is 4.75. The molecule has 0 heterocycles. The number of carbonyl (C=O) groups is 1. The van der Waals surface area contributed by atoms with E-state index in [1.807, 2.05) is 54.6 Å². The second-order valence-electron chi connectivity index (χ2n) is 6.88. The average Bonchev–Trinajstić information content (AvgIpc) is 2.83. The molecule has 0 aliphatic carbocycles. The number of hydrazone groups is 1. The Hall–Kier alpha value is -4.06. The van der Waals surface area contributed by atoms with Crippen molar-refractivity contribution in [2.24, 2.45) is 5.10 Å². The summed E-state index contributed by atoms with van der Waals surface area (Å²) in [6, 6.07) is 24.5. The minimum absolute atomic E-state index is 0.366. The van der Waals surface area contributed by atoms with E-state index in [0.29, 0.717) is 24.7 Å². The summed E-state index contributed by atoms with van der Waals surface area (Å²) < 4.78 is 17.0. The van der Waals surface area contributed by atoms with E-state index in [4.69, 9.17) is 14.2 Å². The van der Waals surface area contributed by atoms with Gasteiger partial charge in [-0.25, -0.2) is 5.43 Å². The lowest BCUT2D eigenvalue weighted by atomic mass is 10.2. The second-order valence-corrected chi connectivity index (χ2v) is 6.88. The molecule has 0 saturated heterocycles. The highest BCUT2D eigenvalue weighted by Crippen LogP contribution is 2.20. The molecule has 0 spiro atoms. The summed E-state index contributed by atoms with van der Waals surface area (Å²) in [5.41, 5.74) is 4.33. The van der Waals surface area contributed by atoms with Crippen molar-refractivity contribution >= 4 is 12.1 Å². The van der Waals surface area contributed by atoms with E-state index in [-0.39, 0.29) is 5.91 Å². The topological polar surface area (TPSA) is 69.2 Å². The fraction of sp³-hybridized carbons (Fsp3) is 0.154. The third-order valence-corrected chi connectivity index (χ3v) is 4.41. The van der Waals surface area contributed by atoms with Gasteiger partial charge in [-0.05, 0) is 48.9 Å². The first-order valence-corrected chi connectivity index (χ1v) is 10.2. The van der Waals surface area contributed by atoms with Crippen LogP contribution in [0.25, 0.3) is 0 Å². The fourth-order valence-electron chi connectivity index (χ4n) is 2.74. The normalized spacial score (nSPS) is 11.5. The highest BCUT2D eigenvalue weighted by atomic mass is 16.5. The number of ether oxygens (including phenoxy) is 3. The van der Waals surface area contributed by atoms with E-state index >= 15 is 0 Å². The van der Waals surface area contributed by atoms with Gasteiger partial charge in [0.1, 0.15) is 30.5 Å². The lowest BCUT2D eigenvalue weighted by Crippen LogP contribution is -2.33. The summed E-state index contributed by atoms with van der Waals surface area (Å²) in [5, 5.41) is 4.01. The standard InChI is InChI=1S/C26H26N2O4/c1-3-17-30-25-12-8-7-11-22(25)18-27-28-26(29)20(2)32-24-15-13-23(14-16-24)31-19-21-9-5-4-6-10-21/h3-16,18,20H,1,17,19H2,2H3,(H,28,29)/b27-18-/t20-/m0/s1. The Kier molecular flexibility index (Phi) is 8.45. The molecular formula is C26H26N2O4. The number of benzene rings is 3. The average molecular weight is 431 g/mol. The van der Waals surface area contributed by atoms with Gasteiger partial charge in [-0.1, -0.05) is 55.1 Å². The zero-order valence-electron chi connectivity index (χ0n) is 17.9. The molecule has 164 valence electrons. The predicted molar refractivity (Wildman–Crippen MR) is 125 cm³/mol. The molecule has 6 nitrogen and oxygen atoms in total. The molecule has 0 aliphatic heterocycles. The zero-order chi connectivity index (χ0) is 22.6. The summed E-state index contributed by atoms with van der Waals surface area (Å²) >= 11 is 0. The maximum atomic E-state index is 12.3. The number of hydrogen-bond acceptors (Lipinski definition) is 5. The smallest absolute Gasteiger partial charge is 0.280 e. The van der Waals surface area contributed by atoms with Crippen LogP contribution in [0.4, 0.5) is 0 Å². The molecule has 0 unspecified atom stereocenters. The number of para-hydroxylation sites is 1. The number of nitrogens with zero attached hydrogens (tertiary/aromatic N) is 1. The van der Waals surface area contributed by atoms with Crippen LogP contribution in [0.1, 0.15) is 18.1 Å². The van der Waals surface area contributed by atoms with Crippen molar-refractivity contribution in [2.75, 3.05) is 6.61 Å². The summed E-state index contributed by atoms with van der Waals surface area (Å²) in [5.74, 6) is 1.58. The molecular weight excluding hydrogens is 404 g/mol. The fourth-order valence-corrected chi connectivity index (χ4v) is 2.74. The van der Waals surface area contributed by atoms with Gasteiger partial charge in [-0.3, -0.25) is 4.79 Å². The van der Waals surface area contributed by atoms with Crippen molar-refractivity contribution in [3.63, 3.8) is 0 Å². The Balaban J connectivity index is 1.48. The van der Waals surface area contributed by atoms with Crippen LogP contribution in [0.15, 0.2) is 96.6 Å². The van der Waals surface area contributed by atoms with Crippen LogP contribution in [-0.2, 0) is 11.4 Å². The van der Waals surface area contributed by atoms with Crippen molar-refractivity contribution in [1.82, 2.24) is 5.43 Å². The molecule has 32 heavy (non-hydrogen) atoms. The van der Waals surface area contributed by atoms with Crippen LogP contribution in [0, 0.1) is 0 Å². The van der Waals surface area contributed by atoms with Crippen molar-refractivity contribution in [3.05, 3.63) is 103 Å². The van der Waals surface area contributed by atoms with Crippen LogP contribution >= 0.6 is 0 Å². The van der Waals surface area contributed by atoms with Gasteiger partial charge >= 0.3 is 0 Å². The molecule has 0 aliphatic rings. The molecule has 3 rings (SSSR count). The molecule has 0 fully saturated rings. The number of nitrogens with one attached hydrogen (secondary N) is 1. The third kappa shape index (κ3) is 7.02. The minimum atomic E-state index is -0.726. The van der Waals surface area contributed by atoms with Gasteiger partial charge in [0.05, 0.1) is 6.21 Å². The highest BCUT2D eigenvalue weighted by molar-refractivity contribution is 5.86. The van der Waals surface area contributed by atoms with Crippen LogP contribution in [0.3, 0.4) is 0 Å². The summed E-state index contributed by atoms with van der Waals surface area (Å²) in [6.45, 7) is 6.17. The highest BCUT2D eigenvalue weighted by Gasteiger charge is 2.14. The SMILES string of the molecule is C=CCOc1ccccc1/C=N\NC(=O)[C@H](C)Oc1ccc(OCc2ccccc2)cc1. The minimum Gasteiger partial charge on any atom is -0.489 e. The van der Waals surface area contributed by atoms with E-state index in [0.717, 1.165) is 16.9 Å². The first-order valence-electron chi connectivity index (χ1n) is 10.2. The Morgan fingerprint density at radius 2 is 1.66 bits per heavy atom. The molecule has 0 radical (unpaired) electrons. The Morgan fingerprint density at radius 1 is 0.969 bits per heavy atom. The first-order chi connectivity index (χ1) is 15.7. The van der Waals surface area contributed by atoms with Crippen LogP contribution < -0.4 is 19.6 Å². The number of rotatable bonds is 11. The van der Waals surface area contributed by atoms with Gasteiger partial charge < -0.3 is 14.2 Å². The van der Waals surface area contributed by atoms with Gasteiger partial charge in [0.15, 0.2) is 6.10 Å². The molecule has 3 aromatic rings. The quantitative estimate of drug-likeness (QED) is 0.271. The van der Waals surface area contributed by atoms with Crippen LogP contribution in [-0.4, -0.2) is 24.8 Å². The number of hydrogen-bond donors (Lipinski definition) is 1. The van der Waals surface area contributed by atoms with Gasteiger partial charge in [-0.15, -0.1) is 0 Å². The van der Waals surface area contributed by atoms with E-state index < -0.39 is 6.10 Å². The summed E-state index contributed by atoms with van der Waals surface area (Å²) in [7, 11) is 0. The maximum Gasteiger partial charge on any atom is 0.280 e. The van der Waals surface area contributed by atoms with E-state index in [1.54, 1.807) is 37.3 Å². The summed E-state index contributed by atoms with van der Waals surface area (Å²) in [4.78, 5) is 12.3. The van der Waals surface area contributed by atoms with E-state index in [9.17, 15) is 4.79 Å². The van der Waals surface area contributed by atoms with E-state index in [2.05, 4.69) is 17.1 Å². The molecule has 0 bridgehead atoms. The number of amides is 1. The van der Waals surface area contributed by atoms with E-state index in [1.165, 1.54) is 6.21 Å². The molecule has 0 saturated carbocycles. The molecule has 6 heteroatoms. The lowest BCUT2D eigenvalue weighted by molar-refractivity contribution is -0.127.